The highest BCUT2D eigenvalue weighted by atomic mass is 16.5. The molecule has 4 saturated carbocycles. The second-order valence-corrected chi connectivity index (χ2v) is 12.9. The molecule has 0 radical (unpaired) electrons. The Kier molecular flexibility index (Phi) is 7.34. The highest BCUT2D eigenvalue weighted by molar-refractivity contribution is 5.67. The summed E-state index contributed by atoms with van der Waals surface area (Å²) in [4.78, 5) is 35.7. The molecule has 4 fully saturated rings. The number of carboxylic acids is 1. The number of fused-ring (bicyclic) bond motifs is 5. The molecule has 0 spiro atoms. The predicted molar refractivity (Wildman–Crippen MR) is 132 cm³/mol. The van der Waals surface area contributed by atoms with Gasteiger partial charge in [-0.05, 0) is 97.7 Å². The van der Waals surface area contributed by atoms with Crippen LogP contribution in [0, 0.1) is 52.3 Å². The molecule has 0 bridgehead atoms. The molecule has 4 aliphatic carbocycles. The van der Waals surface area contributed by atoms with Crippen LogP contribution in [-0.4, -0.2) is 35.2 Å². The lowest BCUT2D eigenvalue weighted by Gasteiger charge is -2.65. The molecule has 35 heavy (non-hydrogen) atoms. The van der Waals surface area contributed by atoms with Gasteiger partial charge >= 0.3 is 17.9 Å². The van der Waals surface area contributed by atoms with Gasteiger partial charge in [-0.3, -0.25) is 14.4 Å². The maximum atomic E-state index is 12.4. The van der Waals surface area contributed by atoms with E-state index in [1.165, 1.54) is 13.8 Å². The SMILES string of the molecule is CC[C@H]1[C@@H](OC(C)=O)[C@@H]2[C@H](CC[C@]3(C)[C@@H]([C@H](C)CC(=O)O)CC[C@@H]23)[C@@]2(C)CC[C@@H](OC(C)=O)C[C@@H]12. The Morgan fingerprint density at radius 3 is 2.14 bits per heavy atom. The van der Waals surface area contributed by atoms with Gasteiger partial charge in [0.05, 0.1) is 0 Å². The van der Waals surface area contributed by atoms with Gasteiger partial charge in [-0.1, -0.05) is 27.7 Å². The summed E-state index contributed by atoms with van der Waals surface area (Å²) in [7, 11) is 0. The largest absolute Gasteiger partial charge is 0.481 e. The van der Waals surface area contributed by atoms with E-state index in [0.717, 1.165) is 51.4 Å². The van der Waals surface area contributed by atoms with E-state index in [1.54, 1.807) is 0 Å². The van der Waals surface area contributed by atoms with E-state index >= 15 is 0 Å². The molecule has 1 N–H and O–H groups in total. The lowest BCUT2D eigenvalue weighted by Crippen LogP contribution is -2.63. The molecule has 0 aromatic rings. The van der Waals surface area contributed by atoms with Crippen LogP contribution in [0.15, 0.2) is 0 Å². The first-order chi connectivity index (χ1) is 16.4. The van der Waals surface area contributed by atoms with Gasteiger partial charge in [0, 0.05) is 26.2 Å². The van der Waals surface area contributed by atoms with Gasteiger partial charge in [-0.15, -0.1) is 0 Å². The molecule has 6 heteroatoms. The van der Waals surface area contributed by atoms with Crippen LogP contribution in [0.2, 0.25) is 0 Å². The van der Waals surface area contributed by atoms with E-state index in [9.17, 15) is 19.5 Å². The van der Waals surface area contributed by atoms with Crippen molar-refractivity contribution < 1.29 is 29.0 Å². The third kappa shape index (κ3) is 4.52. The molecule has 0 unspecified atom stereocenters. The van der Waals surface area contributed by atoms with Crippen molar-refractivity contribution in [1.29, 1.82) is 0 Å². The number of hydrogen-bond acceptors (Lipinski definition) is 5. The molecule has 4 aliphatic rings. The van der Waals surface area contributed by atoms with Crippen molar-refractivity contribution in [3.05, 3.63) is 0 Å². The van der Waals surface area contributed by atoms with Crippen molar-refractivity contribution in [1.82, 2.24) is 0 Å². The minimum absolute atomic E-state index is 0.0456. The van der Waals surface area contributed by atoms with Gasteiger partial charge in [-0.2, -0.15) is 0 Å². The topological polar surface area (TPSA) is 89.9 Å². The van der Waals surface area contributed by atoms with Crippen molar-refractivity contribution >= 4 is 17.9 Å². The number of carbonyl (C=O) groups is 3. The standard InChI is InChI=1S/C29H46O6/c1-7-20-24-15-19(34-17(3)30)10-12-29(24,6)23-11-13-28(5)21(16(2)14-25(32)33)8-9-22(28)26(23)27(20)35-18(4)31/h16,19-24,26-27H,7-15H2,1-6H3,(H,32,33)/t16-,19-,20-,21-,22+,23+,24+,26+,27-,28-,29-/m1/s1. The molecular formula is C29H46O6. The Bertz CT molecular complexity index is 839. The van der Waals surface area contributed by atoms with Crippen molar-refractivity contribution in [2.45, 2.75) is 112 Å². The van der Waals surface area contributed by atoms with Gasteiger partial charge < -0.3 is 14.6 Å². The maximum Gasteiger partial charge on any atom is 0.303 e. The second-order valence-electron chi connectivity index (χ2n) is 12.9. The third-order valence-electron chi connectivity index (χ3n) is 11.2. The van der Waals surface area contributed by atoms with Gasteiger partial charge in [0.1, 0.15) is 12.2 Å². The van der Waals surface area contributed by atoms with Gasteiger partial charge in [0.25, 0.3) is 0 Å². The molecule has 0 aromatic heterocycles. The van der Waals surface area contributed by atoms with Crippen LogP contribution < -0.4 is 0 Å². The molecule has 0 heterocycles. The zero-order valence-corrected chi connectivity index (χ0v) is 22.5. The van der Waals surface area contributed by atoms with Gasteiger partial charge in [-0.25, -0.2) is 0 Å². The van der Waals surface area contributed by atoms with E-state index in [1.807, 2.05) is 0 Å². The quantitative estimate of drug-likeness (QED) is 0.469. The molecule has 198 valence electrons. The van der Waals surface area contributed by atoms with Crippen molar-refractivity contribution in [2.24, 2.45) is 52.3 Å². The summed E-state index contributed by atoms with van der Waals surface area (Å²) in [6.07, 6.45) is 8.20. The predicted octanol–water partition coefficient (Wildman–Crippen LogP) is 5.87. The van der Waals surface area contributed by atoms with E-state index in [0.29, 0.717) is 29.6 Å². The second kappa shape index (κ2) is 9.70. The number of carbonyl (C=O) groups excluding carboxylic acids is 2. The maximum absolute atomic E-state index is 12.4. The summed E-state index contributed by atoms with van der Waals surface area (Å²) in [5.41, 5.74) is 0.232. The van der Waals surface area contributed by atoms with Crippen LogP contribution >= 0.6 is 0 Å². The lowest BCUT2D eigenvalue weighted by atomic mass is 9.41. The minimum Gasteiger partial charge on any atom is -0.481 e. The summed E-state index contributed by atoms with van der Waals surface area (Å²) < 4.78 is 11.9. The average molecular weight is 491 g/mol. The number of hydrogen-bond donors (Lipinski definition) is 1. The van der Waals surface area contributed by atoms with Crippen molar-refractivity contribution in [3.8, 4) is 0 Å². The Hall–Kier alpha value is -1.59. The van der Waals surface area contributed by atoms with Gasteiger partial charge in [0.15, 0.2) is 0 Å². The summed E-state index contributed by atoms with van der Waals surface area (Å²) >= 11 is 0. The number of carboxylic acid groups (broad SMARTS) is 1. The Morgan fingerprint density at radius 2 is 1.54 bits per heavy atom. The van der Waals surface area contributed by atoms with Crippen LogP contribution in [-0.2, 0) is 23.9 Å². The number of aliphatic carboxylic acids is 1. The number of ether oxygens (including phenoxy) is 2. The van der Waals surface area contributed by atoms with E-state index in [4.69, 9.17) is 9.47 Å². The van der Waals surface area contributed by atoms with Crippen LogP contribution in [0.25, 0.3) is 0 Å². The van der Waals surface area contributed by atoms with E-state index < -0.39 is 5.97 Å². The summed E-state index contributed by atoms with van der Waals surface area (Å²) in [6.45, 7) is 12.2. The molecule has 6 nitrogen and oxygen atoms in total. The first-order valence-electron chi connectivity index (χ1n) is 14.0. The average Bonchev–Trinajstić information content (AvgIpc) is 3.11. The first-order valence-corrected chi connectivity index (χ1v) is 14.0. The third-order valence-corrected chi connectivity index (χ3v) is 11.2. The van der Waals surface area contributed by atoms with Crippen LogP contribution in [0.4, 0.5) is 0 Å². The number of rotatable bonds is 6. The van der Waals surface area contributed by atoms with Crippen LogP contribution in [0.3, 0.4) is 0 Å². The van der Waals surface area contributed by atoms with Crippen LogP contribution in [0.1, 0.15) is 99.3 Å². The highest BCUT2D eigenvalue weighted by Crippen LogP contribution is 2.70. The highest BCUT2D eigenvalue weighted by Gasteiger charge is 2.66. The minimum atomic E-state index is -0.709. The number of esters is 2. The fourth-order valence-electron chi connectivity index (χ4n) is 10.00. The Morgan fingerprint density at radius 1 is 0.914 bits per heavy atom. The summed E-state index contributed by atoms with van der Waals surface area (Å²) in [5, 5.41) is 9.47. The summed E-state index contributed by atoms with van der Waals surface area (Å²) in [6, 6.07) is 0. The monoisotopic (exact) mass is 490 g/mol. The Balaban J connectivity index is 1.70. The zero-order valence-electron chi connectivity index (χ0n) is 22.5. The molecule has 0 aromatic carbocycles. The van der Waals surface area contributed by atoms with Gasteiger partial charge in [0.2, 0.25) is 0 Å². The first kappa shape index (κ1) is 26.5. The molecule has 11 atom stereocenters. The van der Waals surface area contributed by atoms with E-state index in [-0.39, 0.29) is 53.2 Å². The fourth-order valence-corrected chi connectivity index (χ4v) is 10.00. The smallest absolute Gasteiger partial charge is 0.303 e. The summed E-state index contributed by atoms with van der Waals surface area (Å²) in [5.74, 6) is 1.28. The molecule has 0 amide bonds. The van der Waals surface area contributed by atoms with E-state index in [2.05, 4.69) is 27.7 Å². The molecule has 0 aliphatic heterocycles. The normalized spacial score (nSPS) is 45.4. The lowest BCUT2D eigenvalue weighted by molar-refractivity contribution is -0.219. The molecular weight excluding hydrogens is 444 g/mol. The van der Waals surface area contributed by atoms with Crippen molar-refractivity contribution in [3.63, 3.8) is 0 Å². The molecule has 4 rings (SSSR count). The zero-order chi connectivity index (χ0) is 25.7. The van der Waals surface area contributed by atoms with Crippen LogP contribution in [0.5, 0.6) is 0 Å². The Labute approximate surface area is 210 Å². The fraction of sp³-hybridized carbons (Fsp3) is 0.897. The van der Waals surface area contributed by atoms with Crippen molar-refractivity contribution in [2.75, 3.05) is 0 Å². The molecule has 0 saturated heterocycles.